The summed E-state index contributed by atoms with van der Waals surface area (Å²) in [7, 11) is 2.05. The van der Waals surface area contributed by atoms with Crippen molar-refractivity contribution in [3.8, 4) is 0 Å². The van der Waals surface area contributed by atoms with Gasteiger partial charge in [0.25, 0.3) is 0 Å². The molecule has 0 aromatic rings. The van der Waals surface area contributed by atoms with Gasteiger partial charge in [-0.05, 0) is 7.05 Å². The molecule has 1 amide bonds. The van der Waals surface area contributed by atoms with E-state index in [1.54, 1.807) is 0 Å². The summed E-state index contributed by atoms with van der Waals surface area (Å²) >= 11 is 5.44. The highest BCUT2D eigenvalue weighted by Crippen LogP contribution is 2.01. The molecule has 0 aliphatic carbocycles. The van der Waals surface area contributed by atoms with Crippen molar-refractivity contribution in [1.29, 1.82) is 0 Å². The molecule has 0 saturated carbocycles. The molecule has 5 heteroatoms. The van der Waals surface area contributed by atoms with Crippen molar-refractivity contribution in [2.75, 3.05) is 39.2 Å². The van der Waals surface area contributed by atoms with E-state index in [9.17, 15) is 4.79 Å². The molecule has 1 N–H and O–H groups in total. The van der Waals surface area contributed by atoms with Gasteiger partial charge in [-0.25, -0.2) is 0 Å². The van der Waals surface area contributed by atoms with E-state index in [0.717, 1.165) is 19.7 Å². The third kappa shape index (κ3) is 4.26. The van der Waals surface area contributed by atoms with Crippen LogP contribution in [-0.2, 0) is 9.53 Å². The maximum atomic E-state index is 11.1. The van der Waals surface area contributed by atoms with E-state index in [0.29, 0.717) is 18.8 Å². The zero-order chi connectivity index (χ0) is 10.4. The summed E-state index contributed by atoms with van der Waals surface area (Å²) < 4.78 is 5.49. The van der Waals surface area contributed by atoms with E-state index in [-0.39, 0.29) is 12.0 Å². The van der Waals surface area contributed by atoms with Crippen LogP contribution in [0.15, 0.2) is 0 Å². The van der Waals surface area contributed by atoms with Gasteiger partial charge < -0.3 is 15.0 Å². The number of halogens is 1. The first-order valence-electron chi connectivity index (χ1n) is 4.85. The van der Waals surface area contributed by atoms with Gasteiger partial charge >= 0.3 is 0 Å². The molecule has 1 aliphatic heterocycles. The van der Waals surface area contributed by atoms with Gasteiger partial charge in [-0.2, -0.15) is 0 Å². The molecule has 0 aromatic heterocycles. The lowest BCUT2D eigenvalue weighted by Gasteiger charge is -2.30. The van der Waals surface area contributed by atoms with Crippen molar-refractivity contribution in [3.05, 3.63) is 0 Å². The van der Waals surface area contributed by atoms with Gasteiger partial charge in [0.2, 0.25) is 5.91 Å². The van der Waals surface area contributed by atoms with E-state index < -0.39 is 0 Å². The smallest absolute Gasteiger partial charge is 0.221 e. The minimum absolute atomic E-state index is 0.00294. The molecule has 0 spiro atoms. The van der Waals surface area contributed by atoms with E-state index in [2.05, 4.69) is 17.3 Å². The van der Waals surface area contributed by atoms with Gasteiger partial charge in [-0.3, -0.25) is 4.79 Å². The van der Waals surface area contributed by atoms with E-state index in [1.165, 1.54) is 0 Å². The molecule has 1 unspecified atom stereocenters. The van der Waals surface area contributed by atoms with Crippen LogP contribution in [0.2, 0.25) is 0 Å². The van der Waals surface area contributed by atoms with E-state index in [4.69, 9.17) is 16.3 Å². The van der Waals surface area contributed by atoms with Crippen molar-refractivity contribution in [2.45, 2.75) is 12.5 Å². The molecule has 82 valence electrons. The van der Waals surface area contributed by atoms with Gasteiger partial charge in [0.15, 0.2) is 0 Å². The lowest BCUT2D eigenvalue weighted by molar-refractivity contribution is -0.121. The van der Waals surface area contributed by atoms with Gasteiger partial charge in [0.1, 0.15) is 0 Å². The molecular weight excluding hydrogens is 204 g/mol. The zero-order valence-electron chi connectivity index (χ0n) is 8.46. The van der Waals surface area contributed by atoms with Crippen LogP contribution in [-0.4, -0.2) is 56.1 Å². The maximum absolute atomic E-state index is 11.1. The van der Waals surface area contributed by atoms with Crippen molar-refractivity contribution < 1.29 is 9.53 Å². The third-order valence-electron chi connectivity index (χ3n) is 2.19. The lowest BCUT2D eigenvalue weighted by atomic mass is 10.3. The summed E-state index contributed by atoms with van der Waals surface area (Å²) in [5, 5.41) is 2.80. The van der Waals surface area contributed by atoms with Crippen molar-refractivity contribution in [3.63, 3.8) is 0 Å². The van der Waals surface area contributed by atoms with Gasteiger partial charge in [-0.1, -0.05) is 0 Å². The average Bonchev–Trinajstić information content (AvgIpc) is 2.15. The standard InChI is InChI=1S/C9H17ClN2O2/c1-12-4-5-14-8(7-12)6-11-9(13)2-3-10/h8H,2-7H2,1H3,(H,11,13). The second-order valence-corrected chi connectivity index (χ2v) is 3.88. The Hall–Kier alpha value is -0.320. The molecule has 0 bridgehead atoms. The zero-order valence-corrected chi connectivity index (χ0v) is 9.22. The Morgan fingerprint density at radius 3 is 3.14 bits per heavy atom. The number of amides is 1. The molecule has 1 heterocycles. The van der Waals surface area contributed by atoms with Gasteiger partial charge in [0.05, 0.1) is 12.7 Å². The summed E-state index contributed by atoms with van der Waals surface area (Å²) in [4.78, 5) is 13.3. The van der Waals surface area contributed by atoms with Gasteiger partial charge in [-0.15, -0.1) is 11.6 Å². The minimum atomic E-state index is -0.00294. The van der Waals surface area contributed by atoms with Crippen LogP contribution in [0.1, 0.15) is 6.42 Å². The third-order valence-corrected chi connectivity index (χ3v) is 2.38. The fourth-order valence-electron chi connectivity index (χ4n) is 1.39. The minimum Gasteiger partial charge on any atom is -0.374 e. The predicted octanol–water partition coefficient (Wildman–Crippen LogP) is 0.0621. The molecule has 1 saturated heterocycles. The Morgan fingerprint density at radius 2 is 2.50 bits per heavy atom. The van der Waals surface area contributed by atoms with E-state index >= 15 is 0 Å². The fraction of sp³-hybridized carbons (Fsp3) is 0.889. The Bertz CT molecular complexity index is 190. The number of hydrogen-bond acceptors (Lipinski definition) is 3. The normalized spacial score (nSPS) is 23.4. The molecule has 0 aromatic carbocycles. The van der Waals surface area contributed by atoms with Crippen LogP contribution in [0.3, 0.4) is 0 Å². The molecule has 14 heavy (non-hydrogen) atoms. The fourth-order valence-corrected chi connectivity index (χ4v) is 1.56. The molecule has 1 atom stereocenters. The molecule has 1 aliphatic rings. The molecule has 1 fully saturated rings. The highest BCUT2D eigenvalue weighted by atomic mass is 35.5. The number of ether oxygens (including phenoxy) is 1. The van der Waals surface area contributed by atoms with Gasteiger partial charge in [0, 0.05) is 31.9 Å². The number of carbonyl (C=O) groups is 1. The molecule has 1 rings (SSSR count). The van der Waals surface area contributed by atoms with Crippen LogP contribution in [0.25, 0.3) is 0 Å². The maximum Gasteiger partial charge on any atom is 0.221 e. The highest BCUT2D eigenvalue weighted by Gasteiger charge is 2.17. The van der Waals surface area contributed by atoms with Crippen LogP contribution in [0, 0.1) is 0 Å². The number of carbonyl (C=O) groups excluding carboxylic acids is 1. The Morgan fingerprint density at radius 1 is 1.71 bits per heavy atom. The first-order valence-corrected chi connectivity index (χ1v) is 5.38. The number of alkyl halides is 1. The number of nitrogens with zero attached hydrogens (tertiary/aromatic N) is 1. The van der Waals surface area contributed by atoms with E-state index in [1.807, 2.05) is 0 Å². The molecular formula is C9H17ClN2O2. The van der Waals surface area contributed by atoms with Crippen LogP contribution < -0.4 is 5.32 Å². The summed E-state index contributed by atoms with van der Waals surface area (Å²) in [6, 6.07) is 0. The topological polar surface area (TPSA) is 41.6 Å². The summed E-state index contributed by atoms with van der Waals surface area (Å²) in [5.74, 6) is 0.369. The number of hydrogen-bond donors (Lipinski definition) is 1. The van der Waals surface area contributed by atoms with Crippen LogP contribution in [0.4, 0.5) is 0 Å². The second-order valence-electron chi connectivity index (χ2n) is 3.50. The number of rotatable bonds is 4. The number of morpholine rings is 1. The Labute approximate surface area is 89.5 Å². The van der Waals surface area contributed by atoms with Crippen molar-refractivity contribution >= 4 is 17.5 Å². The summed E-state index contributed by atoms with van der Waals surface area (Å²) in [6.07, 6.45) is 0.498. The second kappa shape index (κ2) is 6.22. The largest absolute Gasteiger partial charge is 0.374 e. The Balaban J connectivity index is 2.14. The lowest BCUT2D eigenvalue weighted by Crippen LogP contribution is -2.45. The quantitative estimate of drug-likeness (QED) is 0.682. The first kappa shape index (κ1) is 11.8. The van der Waals surface area contributed by atoms with Crippen molar-refractivity contribution in [2.24, 2.45) is 0 Å². The summed E-state index contributed by atoms with van der Waals surface area (Å²) in [6.45, 7) is 3.17. The first-order chi connectivity index (χ1) is 6.72. The predicted molar refractivity (Wildman–Crippen MR) is 55.6 cm³/mol. The molecule has 4 nitrogen and oxygen atoms in total. The van der Waals surface area contributed by atoms with Crippen LogP contribution in [0.5, 0.6) is 0 Å². The SMILES string of the molecule is CN1CCOC(CNC(=O)CCCl)C1. The number of likely N-dealkylation sites (N-methyl/N-ethyl adjacent to an activating group) is 1. The highest BCUT2D eigenvalue weighted by molar-refractivity contribution is 6.18. The summed E-state index contributed by atoms with van der Waals surface area (Å²) in [5.41, 5.74) is 0. The Kier molecular flexibility index (Phi) is 5.22. The molecule has 0 radical (unpaired) electrons. The monoisotopic (exact) mass is 220 g/mol. The number of nitrogens with one attached hydrogen (secondary N) is 1. The van der Waals surface area contributed by atoms with Crippen LogP contribution >= 0.6 is 11.6 Å². The average molecular weight is 221 g/mol. The van der Waals surface area contributed by atoms with Crippen molar-refractivity contribution in [1.82, 2.24) is 10.2 Å².